The lowest BCUT2D eigenvalue weighted by molar-refractivity contribution is -0.105. The van der Waals surface area contributed by atoms with Crippen molar-refractivity contribution in [2.75, 3.05) is 13.6 Å². The molecule has 0 fully saturated rings. The van der Waals surface area contributed by atoms with Crippen molar-refractivity contribution in [3.8, 4) is 6.07 Å². The first-order chi connectivity index (χ1) is 5.27. The minimum Gasteiger partial charge on any atom is -0.380 e. The highest BCUT2D eigenvalue weighted by molar-refractivity contribution is 5.75. The molecule has 11 heavy (non-hydrogen) atoms. The SMILES string of the molecule is CN1C=C(C=O)C(C#N)CC1. The Bertz CT molecular complexity index is 227. The van der Waals surface area contributed by atoms with Crippen molar-refractivity contribution in [2.24, 2.45) is 5.92 Å². The van der Waals surface area contributed by atoms with E-state index in [4.69, 9.17) is 5.26 Å². The van der Waals surface area contributed by atoms with Crippen molar-refractivity contribution in [1.29, 1.82) is 5.26 Å². The zero-order chi connectivity index (χ0) is 8.27. The lowest BCUT2D eigenvalue weighted by atomic mass is 9.96. The summed E-state index contributed by atoms with van der Waals surface area (Å²) in [6.45, 7) is 0.857. The molecule has 1 aliphatic rings. The van der Waals surface area contributed by atoms with Crippen molar-refractivity contribution in [3.63, 3.8) is 0 Å². The second kappa shape index (κ2) is 3.20. The summed E-state index contributed by atoms with van der Waals surface area (Å²) in [6.07, 6.45) is 3.27. The van der Waals surface area contributed by atoms with Crippen LogP contribution in [0.4, 0.5) is 0 Å². The Balaban J connectivity index is 2.81. The molecule has 0 saturated carbocycles. The largest absolute Gasteiger partial charge is 0.380 e. The molecule has 1 aliphatic heterocycles. The van der Waals surface area contributed by atoms with Gasteiger partial charge in [-0.2, -0.15) is 5.26 Å². The van der Waals surface area contributed by atoms with Crippen LogP contribution in [0, 0.1) is 17.2 Å². The number of hydrogen-bond acceptors (Lipinski definition) is 3. The van der Waals surface area contributed by atoms with Gasteiger partial charge in [-0.1, -0.05) is 0 Å². The Labute approximate surface area is 65.9 Å². The van der Waals surface area contributed by atoms with Crippen molar-refractivity contribution in [1.82, 2.24) is 4.90 Å². The Morgan fingerprint density at radius 1 is 1.91 bits per heavy atom. The molecule has 0 amide bonds. The van der Waals surface area contributed by atoms with Crippen LogP contribution >= 0.6 is 0 Å². The maximum Gasteiger partial charge on any atom is 0.148 e. The van der Waals surface area contributed by atoms with Crippen LogP contribution in [0.3, 0.4) is 0 Å². The van der Waals surface area contributed by atoms with Crippen LogP contribution in [0.15, 0.2) is 11.8 Å². The highest BCUT2D eigenvalue weighted by Crippen LogP contribution is 2.18. The summed E-state index contributed by atoms with van der Waals surface area (Å²) in [5.41, 5.74) is 0.598. The molecule has 0 N–H and O–H groups in total. The van der Waals surface area contributed by atoms with E-state index in [1.54, 1.807) is 6.20 Å². The van der Waals surface area contributed by atoms with Gasteiger partial charge >= 0.3 is 0 Å². The zero-order valence-electron chi connectivity index (χ0n) is 6.45. The first-order valence-corrected chi connectivity index (χ1v) is 3.54. The smallest absolute Gasteiger partial charge is 0.148 e. The number of hydrogen-bond donors (Lipinski definition) is 0. The maximum absolute atomic E-state index is 10.4. The minimum atomic E-state index is -0.191. The number of aldehydes is 1. The molecule has 0 aromatic rings. The van der Waals surface area contributed by atoms with Gasteiger partial charge in [-0.05, 0) is 6.42 Å². The van der Waals surface area contributed by atoms with Crippen LogP contribution in [0.2, 0.25) is 0 Å². The van der Waals surface area contributed by atoms with Crippen LogP contribution in [-0.4, -0.2) is 24.8 Å². The van der Waals surface area contributed by atoms with Gasteiger partial charge in [-0.3, -0.25) is 4.79 Å². The summed E-state index contributed by atoms with van der Waals surface area (Å²) in [4.78, 5) is 12.4. The fraction of sp³-hybridized carbons (Fsp3) is 0.500. The quantitative estimate of drug-likeness (QED) is 0.512. The van der Waals surface area contributed by atoms with E-state index in [1.165, 1.54) is 0 Å². The molecular formula is C8H10N2O. The molecule has 1 rings (SSSR count). The van der Waals surface area contributed by atoms with Gasteiger partial charge in [0, 0.05) is 25.4 Å². The summed E-state index contributed by atoms with van der Waals surface area (Å²) in [5, 5.41) is 8.61. The van der Waals surface area contributed by atoms with Gasteiger partial charge in [0.25, 0.3) is 0 Å². The Kier molecular flexibility index (Phi) is 2.27. The highest BCUT2D eigenvalue weighted by Gasteiger charge is 2.18. The van der Waals surface area contributed by atoms with Crippen LogP contribution in [0.5, 0.6) is 0 Å². The number of rotatable bonds is 1. The van der Waals surface area contributed by atoms with E-state index in [0.717, 1.165) is 19.3 Å². The number of nitrogens with zero attached hydrogens (tertiary/aromatic N) is 2. The molecule has 3 heteroatoms. The van der Waals surface area contributed by atoms with Crippen molar-refractivity contribution >= 4 is 6.29 Å². The number of nitriles is 1. The molecule has 0 radical (unpaired) electrons. The Hall–Kier alpha value is -1.30. The lowest BCUT2D eigenvalue weighted by Gasteiger charge is -2.23. The number of allylic oxidation sites excluding steroid dienone is 1. The van der Waals surface area contributed by atoms with Gasteiger partial charge in [-0.15, -0.1) is 0 Å². The molecule has 0 spiro atoms. The molecular weight excluding hydrogens is 140 g/mol. The average molecular weight is 150 g/mol. The fourth-order valence-electron chi connectivity index (χ4n) is 1.16. The van der Waals surface area contributed by atoms with Gasteiger partial charge in [0.15, 0.2) is 0 Å². The molecule has 0 aromatic heterocycles. The average Bonchev–Trinajstić information content (AvgIpc) is 2.04. The van der Waals surface area contributed by atoms with Crippen molar-refractivity contribution < 1.29 is 4.79 Å². The summed E-state index contributed by atoms with van der Waals surface area (Å²) < 4.78 is 0. The van der Waals surface area contributed by atoms with Crippen LogP contribution in [0.1, 0.15) is 6.42 Å². The van der Waals surface area contributed by atoms with Crippen LogP contribution < -0.4 is 0 Å². The molecule has 0 aliphatic carbocycles. The van der Waals surface area contributed by atoms with E-state index in [2.05, 4.69) is 6.07 Å². The molecule has 1 unspecified atom stereocenters. The third-order valence-corrected chi connectivity index (χ3v) is 1.83. The van der Waals surface area contributed by atoms with E-state index < -0.39 is 0 Å². The molecule has 1 heterocycles. The normalized spacial score (nSPS) is 23.8. The predicted octanol–water partition coefficient (Wildman–Crippen LogP) is 0.544. The first-order valence-electron chi connectivity index (χ1n) is 3.54. The maximum atomic E-state index is 10.4. The van der Waals surface area contributed by atoms with Crippen LogP contribution in [0.25, 0.3) is 0 Å². The fourth-order valence-corrected chi connectivity index (χ4v) is 1.16. The molecule has 58 valence electrons. The van der Waals surface area contributed by atoms with E-state index in [9.17, 15) is 4.79 Å². The second-order valence-electron chi connectivity index (χ2n) is 2.70. The van der Waals surface area contributed by atoms with Crippen molar-refractivity contribution in [3.05, 3.63) is 11.8 Å². The van der Waals surface area contributed by atoms with Gasteiger partial charge < -0.3 is 4.90 Å². The summed E-state index contributed by atoms with van der Waals surface area (Å²) >= 11 is 0. The molecule has 0 bridgehead atoms. The minimum absolute atomic E-state index is 0.191. The van der Waals surface area contributed by atoms with E-state index in [-0.39, 0.29) is 5.92 Å². The zero-order valence-corrected chi connectivity index (χ0v) is 6.45. The number of carbonyl (C=O) groups is 1. The molecule has 1 atom stereocenters. The third kappa shape index (κ3) is 1.58. The summed E-state index contributed by atoms with van der Waals surface area (Å²) in [6, 6.07) is 2.10. The lowest BCUT2D eigenvalue weighted by Crippen LogP contribution is -2.23. The van der Waals surface area contributed by atoms with E-state index in [0.29, 0.717) is 5.57 Å². The van der Waals surface area contributed by atoms with Gasteiger partial charge in [0.05, 0.1) is 12.0 Å². The third-order valence-electron chi connectivity index (χ3n) is 1.83. The summed E-state index contributed by atoms with van der Waals surface area (Å²) in [7, 11) is 1.90. The molecule has 0 saturated heterocycles. The molecule has 0 aromatic carbocycles. The topological polar surface area (TPSA) is 44.1 Å². The van der Waals surface area contributed by atoms with Crippen molar-refractivity contribution in [2.45, 2.75) is 6.42 Å². The highest BCUT2D eigenvalue weighted by atomic mass is 16.1. The monoisotopic (exact) mass is 150 g/mol. The van der Waals surface area contributed by atoms with E-state index >= 15 is 0 Å². The summed E-state index contributed by atoms with van der Waals surface area (Å²) in [5.74, 6) is -0.191. The first kappa shape index (κ1) is 7.80. The standard InChI is InChI=1S/C8H10N2O/c1-10-3-2-7(4-9)8(5-10)6-11/h5-7H,2-3H2,1H3. The predicted molar refractivity (Wildman–Crippen MR) is 40.5 cm³/mol. The Morgan fingerprint density at radius 3 is 3.18 bits per heavy atom. The van der Waals surface area contributed by atoms with Gasteiger partial charge in [0.2, 0.25) is 0 Å². The van der Waals surface area contributed by atoms with E-state index in [1.807, 2.05) is 11.9 Å². The van der Waals surface area contributed by atoms with Gasteiger partial charge in [-0.25, -0.2) is 0 Å². The van der Waals surface area contributed by atoms with Gasteiger partial charge in [0.1, 0.15) is 6.29 Å². The van der Waals surface area contributed by atoms with Crippen LogP contribution in [-0.2, 0) is 4.79 Å². The molecule has 3 nitrogen and oxygen atoms in total. The second-order valence-corrected chi connectivity index (χ2v) is 2.70. The number of carbonyl (C=O) groups excluding carboxylic acids is 1. The Morgan fingerprint density at radius 2 is 2.64 bits per heavy atom.